The average Bonchev–Trinajstić information content (AvgIpc) is 2.40. The van der Waals surface area contributed by atoms with Crippen LogP contribution in [0.4, 0.5) is 0 Å². The summed E-state index contributed by atoms with van der Waals surface area (Å²) in [5, 5.41) is 21.8. The van der Waals surface area contributed by atoms with Crippen molar-refractivity contribution in [2.24, 2.45) is 0 Å². The summed E-state index contributed by atoms with van der Waals surface area (Å²) in [5.41, 5.74) is 0. The van der Waals surface area contributed by atoms with E-state index in [1.165, 1.54) is 6.92 Å². The maximum absolute atomic E-state index is 11.6. The van der Waals surface area contributed by atoms with Gasteiger partial charge in [-0.15, -0.1) is 0 Å². The third-order valence-corrected chi connectivity index (χ3v) is 3.49. The number of hydrogen-bond donors (Lipinski definition) is 4. The molecule has 8 nitrogen and oxygen atoms in total. The molecule has 0 spiro atoms. The van der Waals surface area contributed by atoms with Crippen molar-refractivity contribution in [2.45, 2.75) is 32.2 Å². The molecule has 0 aromatic rings. The number of carboxylic acid groups (broad SMARTS) is 1. The maximum Gasteiger partial charge on any atom is 0.326 e. The van der Waals surface area contributed by atoms with E-state index >= 15 is 0 Å². The summed E-state index contributed by atoms with van der Waals surface area (Å²) < 4.78 is 0. The van der Waals surface area contributed by atoms with Gasteiger partial charge in [-0.05, 0) is 12.8 Å². The number of amides is 1. The summed E-state index contributed by atoms with van der Waals surface area (Å²) in [6.45, 7) is 1.87. The molecule has 0 fully saturated rings. The molecule has 0 saturated heterocycles. The Morgan fingerprint density at radius 1 is 1.32 bits per heavy atom. The van der Waals surface area contributed by atoms with Gasteiger partial charge in [-0.1, -0.05) is 11.8 Å². The number of rotatable bonds is 9. The Morgan fingerprint density at radius 2 is 1.95 bits per heavy atom. The summed E-state index contributed by atoms with van der Waals surface area (Å²) in [4.78, 5) is 35.1. The molecule has 4 N–H and O–H groups in total. The maximum atomic E-state index is 11.6. The van der Waals surface area contributed by atoms with Gasteiger partial charge in [0.15, 0.2) is 11.1 Å². The van der Waals surface area contributed by atoms with E-state index in [9.17, 15) is 14.4 Å². The third kappa shape index (κ3) is 10.0. The number of hydrogen-bond acceptors (Lipinski definition) is 5. The predicted octanol–water partition coefficient (Wildman–Crippen LogP) is 0.0918. The lowest BCUT2D eigenvalue weighted by atomic mass is 10.1. The van der Waals surface area contributed by atoms with Crippen LogP contribution in [0.3, 0.4) is 0 Å². The number of nitrogens with zero attached hydrogens (tertiary/aromatic N) is 1. The highest BCUT2D eigenvalue weighted by Gasteiger charge is 2.19. The first kappa shape index (κ1) is 20.2. The second kappa shape index (κ2) is 10.9. The Labute approximate surface area is 134 Å². The second-order valence-electron chi connectivity index (χ2n) is 4.86. The Balaban J connectivity index is 4.05. The molecule has 0 saturated carbocycles. The number of aliphatic carboxylic acids is 1. The number of thioether (sulfide) groups is 1. The van der Waals surface area contributed by atoms with E-state index in [4.69, 9.17) is 10.5 Å². The molecule has 0 aromatic heterocycles. The largest absolute Gasteiger partial charge is 0.480 e. The van der Waals surface area contributed by atoms with Crippen LogP contribution in [0.2, 0.25) is 0 Å². The standard InChI is InChI=1S/C13H24N4O4S/c1-9(18)22-8-6-11(19)16-10(12(20)21)5-4-7-15-13(14)17(2)3/h10H,4-8H2,1-3H3,(H2,14,15)(H,16,19)(H,20,21). The van der Waals surface area contributed by atoms with E-state index in [2.05, 4.69) is 10.6 Å². The van der Waals surface area contributed by atoms with E-state index in [0.717, 1.165) is 11.8 Å². The van der Waals surface area contributed by atoms with Crippen LogP contribution in [0.15, 0.2) is 0 Å². The average molecular weight is 332 g/mol. The smallest absolute Gasteiger partial charge is 0.326 e. The van der Waals surface area contributed by atoms with Crippen LogP contribution in [-0.2, 0) is 14.4 Å². The van der Waals surface area contributed by atoms with Crippen molar-refractivity contribution < 1.29 is 19.5 Å². The topological polar surface area (TPSA) is 123 Å². The van der Waals surface area contributed by atoms with Crippen LogP contribution in [-0.4, -0.2) is 65.4 Å². The van der Waals surface area contributed by atoms with Crippen LogP contribution in [0.25, 0.3) is 0 Å². The molecule has 0 rings (SSSR count). The van der Waals surface area contributed by atoms with Crippen molar-refractivity contribution in [1.82, 2.24) is 15.5 Å². The van der Waals surface area contributed by atoms with Gasteiger partial charge in [0.1, 0.15) is 6.04 Å². The van der Waals surface area contributed by atoms with Crippen molar-refractivity contribution >= 4 is 34.7 Å². The number of nitrogens with one attached hydrogen (secondary N) is 3. The molecule has 9 heteroatoms. The molecule has 1 atom stereocenters. The molecular formula is C13H24N4O4S. The van der Waals surface area contributed by atoms with Crippen molar-refractivity contribution in [3.63, 3.8) is 0 Å². The fourth-order valence-corrected chi connectivity index (χ4v) is 2.06. The normalized spacial score (nSPS) is 11.4. The van der Waals surface area contributed by atoms with Crippen LogP contribution in [0.1, 0.15) is 26.2 Å². The molecular weight excluding hydrogens is 308 g/mol. The van der Waals surface area contributed by atoms with Gasteiger partial charge in [0.25, 0.3) is 0 Å². The minimum atomic E-state index is -1.09. The summed E-state index contributed by atoms with van der Waals surface area (Å²) in [7, 11) is 3.46. The van der Waals surface area contributed by atoms with E-state index in [0.29, 0.717) is 18.7 Å². The van der Waals surface area contributed by atoms with Crippen molar-refractivity contribution in [2.75, 3.05) is 26.4 Å². The Morgan fingerprint density at radius 3 is 2.45 bits per heavy atom. The Hall–Kier alpha value is -1.77. The zero-order valence-corrected chi connectivity index (χ0v) is 14.0. The fourth-order valence-electron chi connectivity index (χ4n) is 1.48. The molecule has 0 aliphatic heterocycles. The van der Waals surface area contributed by atoms with Crippen LogP contribution >= 0.6 is 11.8 Å². The van der Waals surface area contributed by atoms with Crippen molar-refractivity contribution in [3.05, 3.63) is 0 Å². The summed E-state index contributed by atoms with van der Waals surface area (Å²) in [6.07, 6.45) is 0.891. The van der Waals surface area contributed by atoms with Crippen LogP contribution in [0.5, 0.6) is 0 Å². The third-order valence-electron chi connectivity index (χ3n) is 2.68. The SMILES string of the molecule is CC(=O)SCCC(=O)NC(CCCNC(=N)N(C)C)C(=O)O. The predicted molar refractivity (Wildman–Crippen MR) is 86.0 cm³/mol. The van der Waals surface area contributed by atoms with Crippen molar-refractivity contribution in [3.8, 4) is 0 Å². The van der Waals surface area contributed by atoms with Gasteiger partial charge in [0.2, 0.25) is 5.91 Å². The van der Waals surface area contributed by atoms with E-state index in [1.807, 2.05) is 0 Å². The monoisotopic (exact) mass is 332 g/mol. The minimum absolute atomic E-state index is 0.0722. The number of carboxylic acids is 1. The molecule has 0 aromatic carbocycles. The molecule has 0 radical (unpaired) electrons. The Kier molecular flexibility index (Phi) is 10.0. The first-order valence-electron chi connectivity index (χ1n) is 6.89. The van der Waals surface area contributed by atoms with Gasteiger partial charge in [0, 0.05) is 39.7 Å². The van der Waals surface area contributed by atoms with Crippen LogP contribution in [0, 0.1) is 5.41 Å². The lowest BCUT2D eigenvalue weighted by molar-refractivity contribution is -0.142. The van der Waals surface area contributed by atoms with Gasteiger partial charge in [-0.2, -0.15) is 0 Å². The van der Waals surface area contributed by atoms with E-state index < -0.39 is 12.0 Å². The highest BCUT2D eigenvalue weighted by atomic mass is 32.2. The quantitative estimate of drug-likeness (QED) is 0.268. The van der Waals surface area contributed by atoms with E-state index in [-0.39, 0.29) is 29.8 Å². The molecule has 0 aliphatic carbocycles. The van der Waals surface area contributed by atoms with Crippen molar-refractivity contribution in [1.29, 1.82) is 5.41 Å². The summed E-state index contributed by atoms with van der Waals surface area (Å²) in [6, 6.07) is -0.954. The molecule has 126 valence electrons. The van der Waals surface area contributed by atoms with Gasteiger partial charge in [-0.25, -0.2) is 4.79 Å². The zero-order valence-electron chi connectivity index (χ0n) is 13.1. The van der Waals surface area contributed by atoms with Gasteiger partial charge >= 0.3 is 5.97 Å². The number of carbonyl (C=O) groups excluding carboxylic acids is 2. The molecule has 0 aliphatic rings. The number of carbonyl (C=O) groups is 3. The first-order valence-corrected chi connectivity index (χ1v) is 7.88. The molecule has 0 heterocycles. The Bertz CT molecular complexity index is 415. The lowest BCUT2D eigenvalue weighted by Gasteiger charge is -2.17. The lowest BCUT2D eigenvalue weighted by Crippen LogP contribution is -2.42. The molecule has 1 amide bonds. The van der Waals surface area contributed by atoms with Gasteiger partial charge in [0.05, 0.1) is 0 Å². The zero-order chi connectivity index (χ0) is 17.1. The second-order valence-corrected chi connectivity index (χ2v) is 6.13. The van der Waals surface area contributed by atoms with Gasteiger partial charge < -0.3 is 20.6 Å². The minimum Gasteiger partial charge on any atom is -0.480 e. The molecule has 0 bridgehead atoms. The summed E-state index contributed by atoms with van der Waals surface area (Å²) >= 11 is 1.04. The first-order chi connectivity index (χ1) is 10.2. The fraction of sp³-hybridized carbons (Fsp3) is 0.692. The van der Waals surface area contributed by atoms with Gasteiger partial charge in [-0.3, -0.25) is 15.0 Å². The van der Waals surface area contributed by atoms with E-state index in [1.54, 1.807) is 19.0 Å². The summed E-state index contributed by atoms with van der Waals surface area (Å²) in [5.74, 6) is -0.878. The highest BCUT2D eigenvalue weighted by molar-refractivity contribution is 8.13. The van der Waals surface area contributed by atoms with Crippen LogP contribution < -0.4 is 10.6 Å². The molecule has 1 unspecified atom stereocenters. The molecule has 22 heavy (non-hydrogen) atoms. The highest BCUT2D eigenvalue weighted by Crippen LogP contribution is 2.04. The number of guanidine groups is 1.